The van der Waals surface area contributed by atoms with Crippen molar-refractivity contribution in [2.45, 2.75) is 30.3 Å². The number of thioether (sulfide) groups is 1. The molecule has 27 heavy (non-hydrogen) atoms. The van der Waals surface area contributed by atoms with Crippen molar-refractivity contribution in [3.63, 3.8) is 0 Å². The molecule has 0 spiro atoms. The van der Waals surface area contributed by atoms with Crippen LogP contribution >= 0.6 is 11.8 Å². The Bertz CT molecular complexity index is 663. The van der Waals surface area contributed by atoms with Crippen molar-refractivity contribution in [3.05, 3.63) is 18.2 Å². The molecule has 3 aliphatic rings. The third-order valence-corrected chi connectivity index (χ3v) is 6.42. The van der Waals surface area contributed by atoms with Crippen LogP contribution in [0.4, 0.5) is 4.79 Å². The summed E-state index contributed by atoms with van der Waals surface area (Å²) in [7, 11) is 0. The number of carbonyl (C=O) groups excluding carboxylic acids is 1. The van der Waals surface area contributed by atoms with Crippen molar-refractivity contribution in [1.29, 1.82) is 0 Å². The Balaban J connectivity index is 1.21. The van der Waals surface area contributed by atoms with E-state index in [0.717, 1.165) is 50.6 Å². The number of nitrogens with zero attached hydrogens (tertiary/aromatic N) is 2. The molecular formula is C20H28N2O4S. The van der Waals surface area contributed by atoms with E-state index in [-0.39, 0.29) is 12.2 Å². The number of ether oxygens (including phenoxy) is 3. The minimum atomic E-state index is -0.146. The van der Waals surface area contributed by atoms with Gasteiger partial charge in [-0.25, -0.2) is 4.79 Å². The summed E-state index contributed by atoms with van der Waals surface area (Å²) in [6.45, 7) is 5.83. The van der Waals surface area contributed by atoms with Gasteiger partial charge < -0.3 is 19.1 Å². The Morgan fingerprint density at radius 1 is 1.15 bits per heavy atom. The fourth-order valence-corrected chi connectivity index (χ4v) is 4.45. The monoisotopic (exact) mass is 392 g/mol. The number of benzene rings is 1. The average molecular weight is 393 g/mol. The van der Waals surface area contributed by atoms with Crippen molar-refractivity contribution in [3.8, 4) is 11.5 Å². The van der Waals surface area contributed by atoms with Gasteiger partial charge in [-0.15, -0.1) is 11.8 Å². The summed E-state index contributed by atoms with van der Waals surface area (Å²) in [6, 6.07) is 6.14. The number of likely N-dealkylation sites (tertiary alicyclic amines) is 1. The van der Waals surface area contributed by atoms with Crippen molar-refractivity contribution in [2.75, 3.05) is 52.2 Å². The lowest BCUT2D eigenvalue weighted by Crippen LogP contribution is -2.44. The van der Waals surface area contributed by atoms with Crippen LogP contribution < -0.4 is 9.47 Å². The summed E-state index contributed by atoms with van der Waals surface area (Å²) in [5.74, 6) is 2.41. The van der Waals surface area contributed by atoms with Crippen LogP contribution in [0.3, 0.4) is 0 Å². The quantitative estimate of drug-likeness (QED) is 0.694. The van der Waals surface area contributed by atoms with Crippen LogP contribution in [-0.4, -0.2) is 74.2 Å². The molecule has 0 unspecified atom stereocenters. The molecule has 0 saturated carbocycles. The Kier molecular flexibility index (Phi) is 5.98. The predicted molar refractivity (Wildman–Crippen MR) is 105 cm³/mol. The van der Waals surface area contributed by atoms with Gasteiger partial charge in [-0.3, -0.25) is 4.90 Å². The van der Waals surface area contributed by atoms with E-state index in [4.69, 9.17) is 14.2 Å². The summed E-state index contributed by atoms with van der Waals surface area (Å²) in [5, 5.41) is 0. The zero-order valence-electron chi connectivity index (χ0n) is 15.9. The number of amides is 1. The first-order chi connectivity index (χ1) is 13.2. The molecule has 1 aromatic rings. The number of hydrogen-bond donors (Lipinski definition) is 0. The van der Waals surface area contributed by atoms with E-state index in [0.29, 0.717) is 19.1 Å². The molecule has 0 radical (unpaired) electrons. The molecule has 0 bridgehead atoms. The first-order valence-corrected chi connectivity index (χ1v) is 11.1. The summed E-state index contributed by atoms with van der Waals surface area (Å²) < 4.78 is 17.1. The van der Waals surface area contributed by atoms with Crippen LogP contribution in [0.5, 0.6) is 11.5 Å². The normalized spacial score (nSPS) is 23.5. The first kappa shape index (κ1) is 18.7. The van der Waals surface area contributed by atoms with Crippen LogP contribution in [0.1, 0.15) is 19.3 Å². The molecule has 7 heteroatoms. The van der Waals surface area contributed by atoms with E-state index in [2.05, 4.69) is 23.3 Å². The molecule has 3 heterocycles. The Hall–Kier alpha value is -1.60. The molecule has 0 N–H and O–H groups in total. The second-order valence-electron chi connectivity index (χ2n) is 7.50. The molecule has 2 fully saturated rings. The fourth-order valence-electron chi connectivity index (χ4n) is 4.03. The third kappa shape index (κ3) is 4.63. The molecule has 1 aromatic carbocycles. The van der Waals surface area contributed by atoms with Crippen molar-refractivity contribution >= 4 is 17.9 Å². The number of hydrogen-bond acceptors (Lipinski definition) is 6. The van der Waals surface area contributed by atoms with E-state index in [1.807, 2.05) is 11.0 Å². The predicted octanol–water partition coefficient (Wildman–Crippen LogP) is 3.10. The van der Waals surface area contributed by atoms with Gasteiger partial charge in [-0.05, 0) is 62.7 Å². The summed E-state index contributed by atoms with van der Waals surface area (Å²) >= 11 is 1.71. The van der Waals surface area contributed by atoms with E-state index in [9.17, 15) is 4.79 Å². The second-order valence-corrected chi connectivity index (χ2v) is 8.38. The maximum Gasteiger partial charge on any atom is 0.409 e. The fraction of sp³-hybridized carbons (Fsp3) is 0.650. The van der Waals surface area contributed by atoms with Crippen molar-refractivity contribution in [1.82, 2.24) is 9.80 Å². The van der Waals surface area contributed by atoms with E-state index in [1.54, 1.807) is 11.8 Å². The molecule has 1 amide bonds. The summed E-state index contributed by atoms with van der Waals surface area (Å²) in [5.41, 5.74) is 0. The first-order valence-electron chi connectivity index (χ1n) is 9.83. The van der Waals surface area contributed by atoms with Gasteiger partial charge in [-0.1, -0.05) is 0 Å². The Labute approximate surface area is 165 Å². The SMILES string of the molecule is CSc1ccc2c(c1)O[C@@H](CN1CCC(CCN3CCOC3=O)CC1)CO2. The number of rotatable bonds is 6. The van der Waals surface area contributed by atoms with Crippen LogP contribution in [0.2, 0.25) is 0 Å². The lowest BCUT2D eigenvalue weighted by molar-refractivity contribution is 0.0465. The van der Waals surface area contributed by atoms with Crippen molar-refractivity contribution in [2.24, 2.45) is 5.92 Å². The topological polar surface area (TPSA) is 51.2 Å². The van der Waals surface area contributed by atoms with E-state index >= 15 is 0 Å². The molecule has 1 atom stereocenters. The molecule has 4 rings (SSSR count). The molecule has 6 nitrogen and oxygen atoms in total. The minimum absolute atomic E-state index is 0.0885. The van der Waals surface area contributed by atoms with Gasteiger partial charge in [-0.2, -0.15) is 0 Å². The van der Waals surface area contributed by atoms with E-state index < -0.39 is 0 Å². The van der Waals surface area contributed by atoms with Gasteiger partial charge in [0.15, 0.2) is 11.5 Å². The third-order valence-electron chi connectivity index (χ3n) is 5.69. The molecule has 148 valence electrons. The van der Waals surface area contributed by atoms with E-state index in [1.165, 1.54) is 17.7 Å². The van der Waals surface area contributed by atoms with Gasteiger partial charge in [0.1, 0.15) is 19.3 Å². The van der Waals surface area contributed by atoms with Crippen LogP contribution in [0.15, 0.2) is 23.1 Å². The molecule has 0 aromatic heterocycles. The average Bonchev–Trinajstić information content (AvgIpc) is 3.11. The van der Waals surface area contributed by atoms with Gasteiger partial charge >= 0.3 is 6.09 Å². The van der Waals surface area contributed by atoms with Gasteiger partial charge in [0.05, 0.1) is 6.54 Å². The van der Waals surface area contributed by atoms with Gasteiger partial charge in [0, 0.05) is 18.0 Å². The Morgan fingerprint density at radius 2 is 2.00 bits per heavy atom. The van der Waals surface area contributed by atoms with Crippen molar-refractivity contribution < 1.29 is 19.0 Å². The number of piperidine rings is 1. The highest BCUT2D eigenvalue weighted by Gasteiger charge is 2.28. The maximum absolute atomic E-state index is 11.5. The lowest BCUT2D eigenvalue weighted by atomic mass is 9.93. The maximum atomic E-state index is 11.5. The lowest BCUT2D eigenvalue weighted by Gasteiger charge is -2.36. The van der Waals surface area contributed by atoms with Crippen LogP contribution in [0.25, 0.3) is 0 Å². The molecule has 0 aliphatic carbocycles. The number of cyclic esters (lactones) is 1. The molecular weight excluding hydrogens is 364 g/mol. The zero-order chi connectivity index (χ0) is 18.6. The van der Waals surface area contributed by atoms with Crippen LogP contribution in [-0.2, 0) is 4.74 Å². The van der Waals surface area contributed by atoms with Crippen LogP contribution in [0, 0.1) is 5.92 Å². The standard InChI is InChI=1S/C20H28N2O4S/c1-27-17-2-3-18-19(12-17)26-16(14-25-18)13-21-7-4-15(5-8-21)6-9-22-10-11-24-20(22)23/h2-3,12,15-16H,4-11,13-14H2,1H3/t16-/m0/s1. The molecule has 2 saturated heterocycles. The number of carbonyl (C=O) groups is 1. The second kappa shape index (κ2) is 8.61. The Morgan fingerprint density at radius 3 is 2.74 bits per heavy atom. The highest BCUT2D eigenvalue weighted by Crippen LogP contribution is 2.35. The molecule has 3 aliphatic heterocycles. The largest absolute Gasteiger partial charge is 0.486 e. The van der Waals surface area contributed by atoms with Gasteiger partial charge in [0.2, 0.25) is 0 Å². The highest BCUT2D eigenvalue weighted by molar-refractivity contribution is 7.98. The summed E-state index contributed by atoms with van der Waals surface area (Å²) in [6.07, 6.45) is 5.46. The summed E-state index contributed by atoms with van der Waals surface area (Å²) in [4.78, 5) is 17.0. The smallest absolute Gasteiger partial charge is 0.409 e. The van der Waals surface area contributed by atoms with Gasteiger partial charge in [0.25, 0.3) is 0 Å². The minimum Gasteiger partial charge on any atom is -0.486 e. The highest BCUT2D eigenvalue weighted by atomic mass is 32.2. The zero-order valence-corrected chi connectivity index (χ0v) is 16.7. The number of fused-ring (bicyclic) bond motifs is 1.